The molecule has 1 fully saturated rings. The predicted octanol–water partition coefficient (Wildman–Crippen LogP) is 2.37. The van der Waals surface area contributed by atoms with E-state index in [4.69, 9.17) is 5.73 Å². The van der Waals surface area contributed by atoms with Crippen molar-refractivity contribution < 1.29 is 8.42 Å². The van der Waals surface area contributed by atoms with E-state index in [1.54, 1.807) is 6.92 Å². The summed E-state index contributed by atoms with van der Waals surface area (Å²) in [5, 5.41) is 3.84. The van der Waals surface area contributed by atoms with Crippen LogP contribution in [0.2, 0.25) is 0 Å². The number of hydrogen-bond donors (Lipinski definition) is 2. The fourth-order valence-corrected chi connectivity index (χ4v) is 4.39. The lowest BCUT2D eigenvalue weighted by Crippen LogP contribution is -2.21. The van der Waals surface area contributed by atoms with Gasteiger partial charge >= 0.3 is 0 Å². The SMILES string of the molecule is CCS(=O)(=O)c1c(N)nsc1NCC1(C(C)C)CC1. The van der Waals surface area contributed by atoms with Crippen LogP contribution in [0.1, 0.15) is 33.6 Å². The molecular weight excluding hydrogens is 282 g/mol. The Hall–Kier alpha value is -0.820. The fraction of sp³-hybridized carbons (Fsp3) is 0.750. The molecule has 0 amide bonds. The molecule has 1 aromatic rings. The van der Waals surface area contributed by atoms with Crippen molar-refractivity contribution in [2.75, 3.05) is 23.3 Å². The Balaban J connectivity index is 2.19. The highest BCUT2D eigenvalue weighted by Crippen LogP contribution is 2.52. The summed E-state index contributed by atoms with van der Waals surface area (Å²) in [5.41, 5.74) is 6.01. The Labute approximate surface area is 118 Å². The van der Waals surface area contributed by atoms with E-state index in [0.29, 0.717) is 16.3 Å². The van der Waals surface area contributed by atoms with Crippen LogP contribution < -0.4 is 11.1 Å². The van der Waals surface area contributed by atoms with Gasteiger partial charge in [-0.05, 0) is 35.7 Å². The van der Waals surface area contributed by atoms with E-state index in [1.165, 1.54) is 12.8 Å². The lowest BCUT2D eigenvalue weighted by Gasteiger charge is -2.20. The average molecular weight is 303 g/mol. The zero-order valence-corrected chi connectivity index (χ0v) is 13.2. The van der Waals surface area contributed by atoms with E-state index in [9.17, 15) is 8.42 Å². The van der Waals surface area contributed by atoms with Gasteiger partial charge in [-0.2, -0.15) is 4.37 Å². The van der Waals surface area contributed by atoms with Gasteiger partial charge in [-0.1, -0.05) is 20.8 Å². The van der Waals surface area contributed by atoms with Crippen molar-refractivity contribution in [3.05, 3.63) is 0 Å². The van der Waals surface area contributed by atoms with Gasteiger partial charge in [0.05, 0.1) is 5.75 Å². The van der Waals surface area contributed by atoms with Gasteiger partial charge in [0, 0.05) is 6.54 Å². The standard InChI is InChI=1S/C12H21N3O2S2/c1-4-19(16,17)9-10(13)15-18-11(9)14-7-12(5-6-12)8(2)3/h8,14H,4-7H2,1-3H3,(H2,13,15). The van der Waals surface area contributed by atoms with Gasteiger partial charge < -0.3 is 11.1 Å². The van der Waals surface area contributed by atoms with E-state index >= 15 is 0 Å². The minimum absolute atomic E-state index is 0.0413. The first-order chi connectivity index (χ1) is 8.82. The van der Waals surface area contributed by atoms with Crippen LogP contribution in [0.3, 0.4) is 0 Å². The van der Waals surface area contributed by atoms with E-state index in [2.05, 4.69) is 23.5 Å². The van der Waals surface area contributed by atoms with Crippen LogP contribution in [-0.2, 0) is 9.84 Å². The van der Waals surface area contributed by atoms with Crippen LogP contribution in [0.5, 0.6) is 0 Å². The maximum Gasteiger partial charge on any atom is 0.184 e. The van der Waals surface area contributed by atoms with E-state index < -0.39 is 9.84 Å². The van der Waals surface area contributed by atoms with Gasteiger partial charge in [-0.3, -0.25) is 0 Å². The minimum Gasteiger partial charge on any atom is -0.382 e. The molecule has 5 nitrogen and oxygen atoms in total. The zero-order chi connectivity index (χ0) is 14.3. The minimum atomic E-state index is -3.32. The average Bonchev–Trinajstić information content (AvgIpc) is 3.05. The van der Waals surface area contributed by atoms with E-state index in [1.807, 2.05) is 0 Å². The van der Waals surface area contributed by atoms with Crippen LogP contribution in [0, 0.1) is 11.3 Å². The molecule has 0 aromatic carbocycles. The second-order valence-electron chi connectivity index (χ2n) is 5.50. The number of nitrogens with two attached hydrogens (primary N) is 1. The van der Waals surface area contributed by atoms with Gasteiger partial charge in [0.2, 0.25) is 0 Å². The second kappa shape index (κ2) is 4.94. The van der Waals surface area contributed by atoms with Crippen molar-refractivity contribution in [1.29, 1.82) is 0 Å². The van der Waals surface area contributed by atoms with E-state index in [-0.39, 0.29) is 16.5 Å². The maximum atomic E-state index is 12.0. The highest BCUT2D eigenvalue weighted by Gasteiger charge is 2.45. The third kappa shape index (κ3) is 2.72. The molecule has 0 unspecified atom stereocenters. The van der Waals surface area contributed by atoms with E-state index in [0.717, 1.165) is 18.1 Å². The molecule has 0 aliphatic heterocycles. The van der Waals surface area contributed by atoms with Crippen molar-refractivity contribution in [2.24, 2.45) is 11.3 Å². The first kappa shape index (κ1) is 14.6. The van der Waals surface area contributed by atoms with Crippen LogP contribution in [0.25, 0.3) is 0 Å². The number of nitrogen functional groups attached to an aromatic ring is 1. The number of anilines is 2. The molecule has 19 heavy (non-hydrogen) atoms. The third-order valence-electron chi connectivity index (χ3n) is 4.08. The Kier molecular flexibility index (Phi) is 3.79. The molecule has 108 valence electrons. The molecule has 0 radical (unpaired) electrons. The van der Waals surface area contributed by atoms with Crippen molar-refractivity contribution >= 4 is 32.2 Å². The summed E-state index contributed by atoms with van der Waals surface area (Å²) in [5.74, 6) is 0.750. The lowest BCUT2D eigenvalue weighted by molar-refractivity contribution is 0.380. The first-order valence-electron chi connectivity index (χ1n) is 6.54. The number of nitrogens with zero attached hydrogens (tertiary/aromatic N) is 1. The fourth-order valence-electron chi connectivity index (χ4n) is 2.23. The summed E-state index contributed by atoms with van der Waals surface area (Å²) >= 11 is 1.13. The predicted molar refractivity (Wildman–Crippen MR) is 79.2 cm³/mol. The van der Waals surface area contributed by atoms with Crippen molar-refractivity contribution in [3.63, 3.8) is 0 Å². The van der Waals surface area contributed by atoms with Gasteiger partial charge in [0.1, 0.15) is 9.90 Å². The number of aromatic nitrogens is 1. The number of rotatable bonds is 6. The molecule has 0 atom stereocenters. The molecule has 7 heteroatoms. The Morgan fingerprint density at radius 2 is 2.11 bits per heavy atom. The largest absolute Gasteiger partial charge is 0.382 e. The van der Waals surface area contributed by atoms with Gasteiger partial charge in [0.25, 0.3) is 0 Å². The highest BCUT2D eigenvalue weighted by molar-refractivity contribution is 7.91. The van der Waals surface area contributed by atoms with Crippen molar-refractivity contribution in [1.82, 2.24) is 4.37 Å². The summed E-state index contributed by atoms with van der Waals surface area (Å²) in [6, 6.07) is 0. The van der Waals surface area contributed by atoms with Gasteiger partial charge in [-0.25, -0.2) is 8.42 Å². The van der Waals surface area contributed by atoms with Crippen LogP contribution in [0.15, 0.2) is 4.90 Å². The molecule has 1 aliphatic carbocycles. The molecule has 0 saturated heterocycles. The number of nitrogens with one attached hydrogen (secondary N) is 1. The normalized spacial score (nSPS) is 17.7. The highest BCUT2D eigenvalue weighted by atomic mass is 32.2. The second-order valence-corrected chi connectivity index (χ2v) is 8.49. The third-order valence-corrected chi connectivity index (χ3v) is 6.83. The zero-order valence-electron chi connectivity index (χ0n) is 11.6. The summed E-state index contributed by atoms with van der Waals surface area (Å²) in [6.45, 7) is 6.82. The molecular formula is C12H21N3O2S2. The van der Waals surface area contributed by atoms with Gasteiger partial charge in [-0.15, -0.1) is 0 Å². The molecule has 3 N–H and O–H groups in total. The Morgan fingerprint density at radius 1 is 1.47 bits per heavy atom. The molecule has 1 heterocycles. The maximum absolute atomic E-state index is 12.0. The number of hydrogen-bond acceptors (Lipinski definition) is 6. The van der Waals surface area contributed by atoms with Crippen LogP contribution in [0.4, 0.5) is 10.8 Å². The monoisotopic (exact) mass is 303 g/mol. The molecule has 0 spiro atoms. The van der Waals surface area contributed by atoms with Crippen molar-refractivity contribution in [3.8, 4) is 0 Å². The van der Waals surface area contributed by atoms with Crippen LogP contribution >= 0.6 is 11.5 Å². The van der Waals surface area contributed by atoms with Gasteiger partial charge in [0.15, 0.2) is 15.7 Å². The molecule has 1 saturated carbocycles. The first-order valence-corrected chi connectivity index (χ1v) is 8.97. The topological polar surface area (TPSA) is 85.1 Å². The summed E-state index contributed by atoms with van der Waals surface area (Å²) < 4.78 is 28.0. The molecule has 1 aliphatic rings. The molecule has 0 bridgehead atoms. The quantitative estimate of drug-likeness (QED) is 0.842. The summed E-state index contributed by atoms with van der Waals surface area (Å²) in [6.07, 6.45) is 2.39. The van der Waals surface area contributed by atoms with Crippen LogP contribution in [-0.4, -0.2) is 25.1 Å². The number of sulfone groups is 1. The summed E-state index contributed by atoms with van der Waals surface area (Å²) in [7, 11) is -3.32. The van der Waals surface area contributed by atoms with Crippen molar-refractivity contribution in [2.45, 2.75) is 38.5 Å². The Bertz CT molecular complexity index is 560. The smallest absolute Gasteiger partial charge is 0.184 e. The summed E-state index contributed by atoms with van der Waals surface area (Å²) in [4.78, 5) is 0.180. The Morgan fingerprint density at radius 3 is 2.58 bits per heavy atom. The molecule has 1 aromatic heterocycles. The lowest BCUT2D eigenvalue weighted by atomic mass is 9.92. The molecule has 2 rings (SSSR count).